The summed E-state index contributed by atoms with van der Waals surface area (Å²) in [5.41, 5.74) is 1.98. The van der Waals surface area contributed by atoms with Crippen LogP contribution in [0.3, 0.4) is 0 Å². The standard InChI is InChI=1S/C22H28N2O6S/c1-6-20(30-17-13-11-16(12-14-17)24(4)31(5,27)28)21(25)23-19-10-8-9-18(15(19)3)22(26)29-7-2/h8-14,20H,6-7H2,1-5H3,(H,23,25). The Hall–Kier alpha value is -3.07. The zero-order chi connectivity index (χ0) is 23.2. The van der Waals surface area contributed by atoms with Crippen LogP contribution in [-0.4, -0.2) is 46.3 Å². The molecule has 0 radical (unpaired) electrons. The Bertz CT molecular complexity index is 1030. The molecule has 1 N–H and O–H groups in total. The van der Waals surface area contributed by atoms with Gasteiger partial charge in [0, 0.05) is 12.7 Å². The monoisotopic (exact) mass is 448 g/mol. The first-order chi connectivity index (χ1) is 14.6. The van der Waals surface area contributed by atoms with Crippen LogP contribution in [0.4, 0.5) is 11.4 Å². The first-order valence-corrected chi connectivity index (χ1v) is 11.7. The zero-order valence-corrected chi connectivity index (χ0v) is 19.2. The van der Waals surface area contributed by atoms with Gasteiger partial charge in [0.25, 0.3) is 5.91 Å². The Kier molecular flexibility index (Phi) is 8.04. The van der Waals surface area contributed by atoms with Crippen molar-refractivity contribution in [2.45, 2.75) is 33.3 Å². The Morgan fingerprint density at radius 2 is 1.74 bits per heavy atom. The van der Waals surface area contributed by atoms with Gasteiger partial charge in [0.1, 0.15) is 5.75 Å². The smallest absolute Gasteiger partial charge is 0.338 e. The molecule has 0 bridgehead atoms. The van der Waals surface area contributed by atoms with Crippen LogP contribution in [0.25, 0.3) is 0 Å². The van der Waals surface area contributed by atoms with Gasteiger partial charge in [-0.05, 0) is 62.2 Å². The Balaban J connectivity index is 2.13. The first kappa shape index (κ1) is 24.2. The molecule has 0 aliphatic carbocycles. The minimum absolute atomic E-state index is 0.263. The number of carbonyl (C=O) groups is 2. The fraction of sp³-hybridized carbons (Fsp3) is 0.364. The predicted octanol–water partition coefficient (Wildman–Crippen LogP) is 3.36. The maximum Gasteiger partial charge on any atom is 0.338 e. The molecule has 9 heteroatoms. The molecule has 0 aliphatic rings. The Labute approximate surface area is 183 Å². The van der Waals surface area contributed by atoms with E-state index in [2.05, 4.69) is 5.32 Å². The van der Waals surface area contributed by atoms with Gasteiger partial charge in [-0.3, -0.25) is 9.10 Å². The number of sulfonamides is 1. The number of amides is 1. The zero-order valence-electron chi connectivity index (χ0n) is 18.3. The summed E-state index contributed by atoms with van der Waals surface area (Å²) in [5, 5.41) is 2.81. The molecule has 0 aromatic heterocycles. The number of nitrogens with zero attached hydrogens (tertiary/aromatic N) is 1. The topological polar surface area (TPSA) is 102 Å². The average Bonchev–Trinajstić information content (AvgIpc) is 2.72. The minimum Gasteiger partial charge on any atom is -0.481 e. The molecule has 1 unspecified atom stereocenters. The van der Waals surface area contributed by atoms with Gasteiger partial charge in [-0.1, -0.05) is 13.0 Å². The molecule has 0 spiro atoms. The number of anilines is 2. The van der Waals surface area contributed by atoms with E-state index in [0.717, 1.165) is 10.6 Å². The lowest BCUT2D eigenvalue weighted by Gasteiger charge is -2.20. The van der Waals surface area contributed by atoms with Crippen LogP contribution < -0.4 is 14.4 Å². The molecule has 1 atom stereocenters. The molecule has 1 amide bonds. The molecule has 168 valence electrons. The van der Waals surface area contributed by atoms with E-state index >= 15 is 0 Å². The number of carbonyl (C=O) groups excluding carboxylic acids is 2. The van der Waals surface area contributed by atoms with Crippen LogP contribution in [0.15, 0.2) is 42.5 Å². The second-order valence-electron chi connectivity index (χ2n) is 6.93. The van der Waals surface area contributed by atoms with Gasteiger partial charge in [-0.15, -0.1) is 0 Å². The summed E-state index contributed by atoms with van der Waals surface area (Å²) in [6.45, 7) is 5.55. The van der Waals surface area contributed by atoms with Crippen LogP contribution in [0.1, 0.15) is 36.2 Å². The maximum absolute atomic E-state index is 12.8. The number of rotatable bonds is 9. The van der Waals surface area contributed by atoms with Gasteiger partial charge in [0.15, 0.2) is 6.10 Å². The largest absolute Gasteiger partial charge is 0.481 e. The van der Waals surface area contributed by atoms with E-state index < -0.39 is 22.1 Å². The number of hydrogen-bond donors (Lipinski definition) is 1. The molecule has 2 rings (SSSR count). The summed E-state index contributed by atoms with van der Waals surface area (Å²) >= 11 is 0. The number of benzene rings is 2. The average molecular weight is 449 g/mol. The van der Waals surface area contributed by atoms with Crippen LogP contribution in [-0.2, 0) is 19.6 Å². The third-order valence-electron chi connectivity index (χ3n) is 4.73. The third kappa shape index (κ3) is 6.21. The van der Waals surface area contributed by atoms with E-state index in [1.54, 1.807) is 56.3 Å². The lowest BCUT2D eigenvalue weighted by molar-refractivity contribution is -0.122. The van der Waals surface area contributed by atoms with Crippen molar-refractivity contribution < 1.29 is 27.5 Å². The fourth-order valence-corrected chi connectivity index (χ4v) is 3.33. The molecule has 0 heterocycles. The van der Waals surface area contributed by atoms with Crippen LogP contribution in [0, 0.1) is 6.92 Å². The summed E-state index contributed by atoms with van der Waals surface area (Å²) in [6.07, 6.45) is 0.755. The van der Waals surface area contributed by atoms with Gasteiger partial charge in [-0.25, -0.2) is 13.2 Å². The summed E-state index contributed by atoms with van der Waals surface area (Å²) in [5.74, 6) is -0.368. The highest BCUT2D eigenvalue weighted by Crippen LogP contribution is 2.23. The van der Waals surface area contributed by atoms with E-state index in [4.69, 9.17) is 9.47 Å². The highest BCUT2D eigenvalue weighted by Gasteiger charge is 2.21. The second kappa shape index (κ2) is 10.3. The molecular weight excluding hydrogens is 420 g/mol. The van der Waals surface area contributed by atoms with Gasteiger partial charge in [0.05, 0.1) is 24.1 Å². The Morgan fingerprint density at radius 1 is 1.10 bits per heavy atom. The predicted molar refractivity (Wildman–Crippen MR) is 120 cm³/mol. The molecule has 31 heavy (non-hydrogen) atoms. The molecule has 2 aromatic rings. The highest BCUT2D eigenvalue weighted by atomic mass is 32.2. The van der Waals surface area contributed by atoms with E-state index in [1.165, 1.54) is 7.05 Å². The molecular formula is C22H28N2O6S. The van der Waals surface area contributed by atoms with Crippen molar-refractivity contribution in [1.82, 2.24) is 0 Å². The molecule has 0 saturated carbocycles. The van der Waals surface area contributed by atoms with E-state index in [-0.39, 0.29) is 12.5 Å². The number of ether oxygens (including phenoxy) is 2. The lowest BCUT2D eigenvalue weighted by Crippen LogP contribution is -2.32. The number of esters is 1. The summed E-state index contributed by atoms with van der Waals surface area (Å²) in [6, 6.07) is 11.5. The van der Waals surface area contributed by atoms with Crippen molar-refractivity contribution >= 4 is 33.3 Å². The summed E-state index contributed by atoms with van der Waals surface area (Å²) in [4.78, 5) is 24.8. The third-order valence-corrected chi connectivity index (χ3v) is 5.93. The molecule has 2 aromatic carbocycles. The van der Waals surface area contributed by atoms with Crippen molar-refractivity contribution in [3.63, 3.8) is 0 Å². The first-order valence-electron chi connectivity index (χ1n) is 9.86. The van der Waals surface area contributed by atoms with E-state index in [9.17, 15) is 18.0 Å². The SMILES string of the molecule is CCOC(=O)c1cccc(NC(=O)C(CC)Oc2ccc(N(C)S(C)(=O)=O)cc2)c1C. The highest BCUT2D eigenvalue weighted by molar-refractivity contribution is 7.92. The second-order valence-corrected chi connectivity index (χ2v) is 8.94. The van der Waals surface area contributed by atoms with E-state index in [0.29, 0.717) is 34.7 Å². The molecule has 0 saturated heterocycles. The van der Waals surface area contributed by atoms with Crippen molar-refractivity contribution in [1.29, 1.82) is 0 Å². The Morgan fingerprint density at radius 3 is 2.29 bits per heavy atom. The molecule has 0 aliphatic heterocycles. The number of nitrogens with one attached hydrogen (secondary N) is 1. The van der Waals surface area contributed by atoms with Gasteiger partial charge in [0.2, 0.25) is 10.0 Å². The van der Waals surface area contributed by atoms with Crippen molar-refractivity contribution in [2.24, 2.45) is 0 Å². The van der Waals surface area contributed by atoms with Crippen LogP contribution in [0.2, 0.25) is 0 Å². The quantitative estimate of drug-likeness (QED) is 0.590. The van der Waals surface area contributed by atoms with Crippen molar-refractivity contribution in [3.05, 3.63) is 53.6 Å². The number of hydrogen-bond acceptors (Lipinski definition) is 6. The maximum atomic E-state index is 12.8. The summed E-state index contributed by atoms with van der Waals surface area (Å²) in [7, 11) is -1.91. The fourth-order valence-electron chi connectivity index (χ4n) is 2.83. The van der Waals surface area contributed by atoms with Crippen molar-refractivity contribution in [3.8, 4) is 5.75 Å². The summed E-state index contributed by atoms with van der Waals surface area (Å²) < 4.78 is 35.3. The normalized spacial score (nSPS) is 12.0. The van der Waals surface area contributed by atoms with Crippen LogP contribution >= 0.6 is 0 Å². The van der Waals surface area contributed by atoms with Gasteiger partial charge >= 0.3 is 5.97 Å². The van der Waals surface area contributed by atoms with E-state index in [1.807, 2.05) is 6.92 Å². The van der Waals surface area contributed by atoms with Gasteiger partial charge < -0.3 is 14.8 Å². The van der Waals surface area contributed by atoms with Crippen LogP contribution in [0.5, 0.6) is 5.75 Å². The lowest BCUT2D eigenvalue weighted by atomic mass is 10.1. The molecule has 0 fully saturated rings. The van der Waals surface area contributed by atoms with Gasteiger partial charge in [-0.2, -0.15) is 0 Å². The van der Waals surface area contributed by atoms with Crippen molar-refractivity contribution in [2.75, 3.05) is 29.5 Å². The molecule has 8 nitrogen and oxygen atoms in total. The minimum atomic E-state index is -3.37.